The number of thioether (sulfide) groups is 1. The Hall–Kier alpha value is -2.80. The second-order valence-electron chi connectivity index (χ2n) is 6.43. The lowest BCUT2D eigenvalue weighted by atomic mass is 10.0. The fourth-order valence-electron chi connectivity index (χ4n) is 3.12. The predicted octanol–water partition coefficient (Wildman–Crippen LogP) is 5.22. The summed E-state index contributed by atoms with van der Waals surface area (Å²) < 4.78 is 19.9. The topological polar surface area (TPSA) is 79.5 Å². The third kappa shape index (κ3) is 3.89. The van der Waals surface area contributed by atoms with Crippen LogP contribution in [-0.2, 0) is 0 Å². The Morgan fingerprint density at radius 3 is 2.75 bits per heavy atom. The summed E-state index contributed by atoms with van der Waals surface area (Å²) in [5.41, 5.74) is 1.63. The molecule has 0 aliphatic carbocycles. The second kappa shape index (κ2) is 8.06. The second-order valence-corrected chi connectivity index (χ2v) is 7.70. The number of hydrogen-bond donors (Lipinski definition) is 2. The van der Waals surface area contributed by atoms with Gasteiger partial charge in [-0.15, -0.1) is 0 Å². The van der Waals surface area contributed by atoms with Gasteiger partial charge in [0.15, 0.2) is 10.5 Å². The molecule has 3 aromatic rings. The zero-order valence-electron chi connectivity index (χ0n) is 15.7. The van der Waals surface area contributed by atoms with Crippen molar-refractivity contribution in [2.75, 3.05) is 11.1 Å². The predicted molar refractivity (Wildman–Crippen MR) is 109 cm³/mol. The van der Waals surface area contributed by atoms with Gasteiger partial charge in [-0.1, -0.05) is 30.8 Å². The molecule has 0 saturated carbocycles. The fraction of sp³-hybridized carbons (Fsp3) is 0.238. The van der Waals surface area contributed by atoms with Crippen LogP contribution in [0.4, 0.5) is 10.1 Å². The lowest BCUT2D eigenvalue weighted by molar-refractivity contribution is 0.0693. The minimum absolute atomic E-state index is 0.133. The number of benzene rings is 2. The highest BCUT2D eigenvalue weighted by molar-refractivity contribution is 7.99. The first-order chi connectivity index (χ1) is 13.3. The number of carboxylic acid groups (broad SMARTS) is 1. The molecule has 0 spiro atoms. The molecule has 0 radical (unpaired) electrons. The van der Waals surface area contributed by atoms with E-state index in [0.29, 0.717) is 21.6 Å². The number of nitrogens with one attached hydrogen (secondary N) is 1. The van der Waals surface area contributed by atoms with E-state index in [4.69, 9.17) is 4.42 Å². The normalized spacial score (nSPS) is 12.1. The summed E-state index contributed by atoms with van der Waals surface area (Å²) >= 11 is 1.43. The van der Waals surface area contributed by atoms with Crippen LogP contribution in [0.1, 0.15) is 41.4 Å². The Morgan fingerprint density at radius 2 is 2.07 bits per heavy atom. The molecule has 1 heterocycles. The van der Waals surface area contributed by atoms with Gasteiger partial charge in [0.05, 0.1) is 17.1 Å². The number of halogens is 1. The molecule has 0 bridgehead atoms. The van der Waals surface area contributed by atoms with Crippen LogP contribution in [0.5, 0.6) is 0 Å². The molecule has 0 aliphatic heterocycles. The van der Waals surface area contributed by atoms with E-state index in [1.54, 1.807) is 6.07 Å². The highest BCUT2D eigenvalue weighted by atomic mass is 32.2. The average Bonchev–Trinajstić information content (AvgIpc) is 2.62. The zero-order chi connectivity index (χ0) is 20.4. The molecule has 2 N–H and O–H groups in total. The third-order valence-corrected chi connectivity index (χ3v) is 5.11. The van der Waals surface area contributed by atoms with Gasteiger partial charge in [0.1, 0.15) is 17.0 Å². The van der Waals surface area contributed by atoms with Gasteiger partial charge >= 0.3 is 5.97 Å². The lowest BCUT2D eigenvalue weighted by Crippen LogP contribution is -2.13. The molecular formula is C21H20FNO4S. The monoisotopic (exact) mass is 401 g/mol. The van der Waals surface area contributed by atoms with Gasteiger partial charge in [0.2, 0.25) is 0 Å². The lowest BCUT2D eigenvalue weighted by Gasteiger charge is -2.19. The molecule has 146 valence electrons. The van der Waals surface area contributed by atoms with Crippen molar-refractivity contribution in [1.29, 1.82) is 0 Å². The molecule has 1 atom stereocenters. The molecule has 0 saturated heterocycles. The zero-order valence-corrected chi connectivity index (χ0v) is 16.5. The Kier molecular flexibility index (Phi) is 5.74. The minimum atomic E-state index is -1.35. The largest absolute Gasteiger partial charge is 0.478 e. The summed E-state index contributed by atoms with van der Waals surface area (Å²) in [6.07, 6.45) is 0. The smallest absolute Gasteiger partial charge is 0.340 e. The Labute approximate surface area is 165 Å². The number of hydrogen-bond acceptors (Lipinski definition) is 5. The standard InChI is InChI=1S/C21H20FNO4S/c1-4-28-18-10-17(24)14-9-11(2)8-13(20(14)27-18)12(3)23-16-7-5-6-15(22)19(16)21(25)26/h5-10,12,23H,4H2,1-3H3,(H,25,26)/t12-/m1/s1. The molecule has 2 aromatic carbocycles. The van der Waals surface area contributed by atoms with Crippen molar-refractivity contribution in [1.82, 2.24) is 0 Å². The van der Waals surface area contributed by atoms with Crippen LogP contribution in [0.15, 0.2) is 50.7 Å². The number of anilines is 1. The van der Waals surface area contributed by atoms with Gasteiger partial charge < -0.3 is 14.8 Å². The minimum Gasteiger partial charge on any atom is -0.478 e. The Morgan fingerprint density at radius 1 is 1.32 bits per heavy atom. The summed E-state index contributed by atoms with van der Waals surface area (Å²) in [5.74, 6) is -1.41. The molecule has 28 heavy (non-hydrogen) atoms. The van der Waals surface area contributed by atoms with E-state index in [1.807, 2.05) is 26.8 Å². The SMILES string of the molecule is CCSc1cc(=O)c2cc(C)cc([C@@H](C)Nc3cccc(F)c3C(=O)O)c2o1. The number of carboxylic acids is 1. The van der Waals surface area contributed by atoms with Crippen LogP contribution in [0, 0.1) is 12.7 Å². The maximum absolute atomic E-state index is 14.0. The Bertz CT molecular complexity index is 1110. The number of aryl methyl sites for hydroxylation is 1. The summed E-state index contributed by atoms with van der Waals surface area (Å²) in [4.78, 5) is 24.0. The van der Waals surface area contributed by atoms with E-state index in [2.05, 4.69) is 5.32 Å². The highest BCUT2D eigenvalue weighted by Gasteiger charge is 2.20. The molecule has 1 aromatic heterocycles. The van der Waals surface area contributed by atoms with Crippen molar-refractivity contribution >= 4 is 34.4 Å². The maximum Gasteiger partial charge on any atom is 0.340 e. The van der Waals surface area contributed by atoms with Gasteiger partial charge in [0.25, 0.3) is 0 Å². The first-order valence-electron chi connectivity index (χ1n) is 8.81. The first kappa shape index (κ1) is 19.9. The van der Waals surface area contributed by atoms with Crippen LogP contribution >= 0.6 is 11.8 Å². The fourth-order valence-corrected chi connectivity index (χ4v) is 3.74. The van der Waals surface area contributed by atoms with Crippen LogP contribution in [0.2, 0.25) is 0 Å². The molecule has 3 rings (SSSR count). The van der Waals surface area contributed by atoms with Crippen molar-refractivity contribution in [2.45, 2.75) is 31.9 Å². The third-order valence-electron chi connectivity index (χ3n) is 4.33. The molecule has 0 unspecified atom stereocenters. The number of fused-ring (bicyclic) bond motifs is 1. The summed E-state index contributed by atoms with van der Waals surface area (Å²) in [6.45, 7) is 5.64. The number of rotatable bonds is 6. The maximum atomic E-state index is 14.0. The van der Waals surface area contributed by atoms with E-state index in [9.17, 15) is 19.1 Å². The molecule has 0 fully saturated rings. The first-order valence-corrected chi connectivity index (χ1v) is 9.80. The summed E-state index contributed by atoms with van der Waals surface area (Å²) in [7, 11) is 0. The van der Waals surface area contributed by atoms with Crippen LogP contribution in [-0.4, -0.2) is 16.8 Å². The van der Waals surface area contributed by atoms with Crippen molar-refractivity contribution in [2.24, 2.45) is 0 Å². The number of aromatic carboxylic acids is 1. The quantitative estimate of drug-likeness (QED) is 0.551. The van der Waals surface area contributed by atoms with Gasteiger partial charge in [0, 0.05) is 11.6 Å². The summed E-state index contributed by atoms with van der Waals surface area (Å²) in [6, 6.07) is 8.76. The van der Waals surface area contributed by atoms with Crippen molar-refractivity contribution in [3.05, 3.63) is 69.1 Å². The average molecular weight is 401 g/mol. The van der Waals surface area contributed by atoms with Crippen molar-refractivity contribution < 1.29 is 18.7 Å². The van der Waals surface area contributed by atoms with E-state index >= 15 is 0 Å². The van der Waals surface area contributed by atoms with E-state index < -0.39 is 23.4 Å². The van der Waals surface area contributed by atoms with Crippen LogP contribution in [0.25, 0.3) is 11.0 Å². The number of carbonyl (C=O) groups is 1. The highest BCUT2D eigenvalue weighted by Crippen LogP contribution is 2.31. The van der Waals surface area contributed by atoms with Gasteiger partial charge in [-0.25, -0.2) is 9.18 Å². The summed E-state index contributed by atoms with van der Waals surface area (Å²) in [5, 5.41) is 13.4. The van der Waals surface area contributed by atoms with Gasteiger partial charge in [-0.3, -0.25) is 4.79 Å². The van der Waals surface area contributed by atoms with E-state index in [-0.39, 0.29) is 11.1 Å². The van der Waals surface area contributed by atoms with Crippen LogP contribution in [0.3, 0.4) is 0 Å². The van der Waals surface area contributed by atoms with E-state index in [1.165, 1.54) is 30.0 Å². The van der Waals surface area contributed by atoms with Crippen molar-refractivity contribution in [3.8, 4) is 0 Å². The molecule has 0 amide bonds. The molecule has 7 heteroatoms. The molecule has 0 aliphatic rings. The van der Waals surface area contributed by atoms with Crippen LogP contribution < -0.4 is 10.7 Å². The Balaban J connectivity index is 2.12. The van der Waals surface area contributed by atoms with E-state index in [0.717, 1.165) is 17.4 Å². The van der Waals surface area contributed by atoms with Gasteiger partial charge in [-0.2, -0.15) is 0 Å². The molecular weight excluding hydrogens is 381 g/mol. The molecule has 5 nitrogen and oxygen atoms in total. The van der Waals surface area contributed by atoms with Crippen molar-refractivity contribution in [3.63, 3.8) is 0 Å². The van der Waals surface area contributed by atoms with Gasteiger partial charge in [-0.05, 0) is 43.4 Å².